The Balaban J connectivity index is 2.33. The number of rotatable bonds is 6. The highest BCUT2D eigenvalue weighted by molar-refractivity contribution is 9.10. The van der Waals surface area contributed by atoms with E-state index in [2.05, 4.69) is 21.2 Å². The van der Waals surface area contributed by atoms with Crippen molar-refractivity contribution in [3.8, 4) is 0 Å². The fourth-order valence-electron chi connectivity index (χ4n) is 1.27. The maximum atomic E-state index is 11.7. The number of aliphatic carboxylic acids is 1. The van der Waals surface area contributed by atoms with Crippen molar-refractivity contribution >= 4 is 39.1 Å². The molecule has 0 saturated heterocycles. The molecule has 4 nitrogen and oxygen atoms in total. The quantitative estimate of drug-likeness (QED) is 0.847. The molecular formula is C11H14BrNO3S. The summed E-state index contributed by atoms with van der Waals surface area (Å²) in [7, 11) is 0. The summed E-state index contributed by atoms with van der Waals surface area (Å²) in [6, 6.07) is 1.83. The summed E-state index contributed by atoms with van der Waals surface area (Å²) in [5.74, 6) is -0.757. The highest BCUT2D eigenvalue weighted by atomic mass is 79.9. The first-order valence-electron chi connectivity index (χ1n) is 5.23. The Kier molecular flexibility index (Phi) is 5.64. The van der Waals surface area contributed by atoms with E-state index in [0.717, 1.165) is 4.47 Å². The van der Waals surface area contributed by atoms with Crippen LogP contribution in [0.4, 0.5) is 0 Å². The van der Waals surface area contributed by atoms with Crippen LogP contribution >= 0.6 is 27.3 Å². The van der Waals surface area contributed by atoms with Crippen molar-refractivity contribution in [2.45, 2.75) is 19.8 Å². The summed E-state index contributed by atoms with van der Waals surface area (Å²) in [5.41, 5.74) is 0. The van der Waals surface area contributed by atoms with Gasteiger partial charge in [-0.25, -0.2) is 0 Å². The number of hydrogen-bond donors (Lipinski definition) is 2. The molecule has 0 radical (unpaired) electrons. The third kappa shape index (κ3) is 4.87. The van der Waals surface area contributed by atoms with Crippen molar-refractivity contribution in [1.82, 2.24) is 5.32 Å². The standard InChI is InChI=1S/C11H14BrNO3S/c1-7(2-3-9(14)15)6-13-11(16)10-8(12)4-5-17-10/h4-5,7H,2-3,6H2,1H3,(H,13,16)(H,14,15). The van der Waals surface area contributed by atoms with Crippen molar-refractivity contribution in [2.75, 3.05) is 6.54 Å². The molecule has 0 aliphatic rings. The zero-order chi connectivity index (χ0) is 12.8. The molecule has 0 fully saturated rings. The predicted molar refractivity (Wildman–Crippen MR) is 70.4 cm³/mol. The number of thiophene rings is 1. The van der Waals surface area contributed by atoms with Crippen LogP contribution in [0.5, 0.6) is 0 Å². The minimum Gasteiger partial charge on any atom is -0.481 e. The second kappa shape index (κ2) is 6.76. The van der Waals surface area contributed by atoms with E-state index >= 15 is 0 Å². The van der Waals surface area contributed by atoms with Gasteiger partial charge in [-0.2, -0.15) is 0 Å². The van der Waals surface area contributed by atoms with Crippen molar-refractivity contribution in [3.63, 3.8) is 0 Å². The molecule has 0 spiro atoms. The average molecular weight is 320 g/mol. The van der Waals surface area contributed by atoms with Gasteiger partial charge in [0.2, 0.25) is 0 Å². The highest BCUT2D eigenvalue weighted by Crippen LogP contribution is 2.22. The van der Waals surface area contributed by atoms with Gasteiger partial charge in [-0.3, -0.25) is 9.59 Å². The van der Waals surface area contributed by atoms with Gasteiger partial charge in [0, 0.05) is 17.4 Å². The van der Waals surface area contributed by atoms with Crippen LogP contribution in [0.15, 0.2) is 15.9 Å². The maximum absolute atomic E-state index is 11.7. The van der Waals surface area contributed by atoms with Crippen LogP contribution in [0.3, 0.4) is 0 Å². The topological polar surface area (TPSA) is 66.4 Å². The van der Waals surface area contributed by atoms with Gasteiger partial charge < -0.3 is 10.4 Å². The highest BCUT2D eigenvalue weighted by Gasteiger charge is 2.12. The molecule has 0 aliphatic heterocycles. The first-order valence-corrected chi connectivity index (χ1v) is 6.91. The minimum atomic E-state index is -0.802. The first-order chi connectivity index (χ1) is 8.00. The summed E-state index contributed by atoms with van der Waals surface area (Å²) in [4.78, 5) is 22.8. The van der Waals surface area contributed by atoms with Gasteiger partial charge in [0.25, 0.3) is 5.91 Å². The number of hydrogen-bond acceptors (Lipinski definition) is 3. The second-order valence-corrected chi connectivity index (χ2v) is 5.62. The maximum Gasteiger partial charge on any atom is 0.303 e. The fourth-order valence-corrected chi connectivity index (χ4v) is 2.74. The van der Waals surface area contributed by atoms with Crippen LogP contribution in [0.2, 0.25) is 0 Å². The van der Waals surface area contributed by atoms with E-state index in [1.807, 2.05) is 18.4 Å². The normalized spacial score (nSPS) is 12.1. The van der Waals surface area contributed by atoms with Gasteiger partial charge in [-0.05, 0) is 39.7 Å². The van der Waals surface area contributed by atoms with E-state index in [4.69, 9.17) is 5.11 Å². The van der Waals surface area contributed by atoms with Crippen LogP contribution in [0.25, 0.3) is 0 Å². The Morgan fingerprint density at radius 2 is 2.29 bits per heavy atom. The lowest BCUT2D eigenvalue weighted by Crippen LogP contribution is -2.28. The molecule has 1 heterocycles. The molecule has 2 N–H and O–H groups in total. The second-order valence-electron chi connectivity index (χ2n) is 3.85. The van der Waals surface area contributed by atoms with Gasteiger partial charge in [0.05, 0.1) is 0 Å². The monoisotopic (exact) mass is 319 g/mol. The Bertz CT molecular complexity index is 405. The van der Waals surface area contributed by atoms with Crippen LogP contribution in [-0.4, -0.2) is 23.5 Å². The molecule has 1 unspecified atom stereocenters. The number of carboxylic acid groups (broad SMARTS) is 1. The number of carbonyl (C=O) groups is 2. The molecule has 1 rings (SSSR count). The van der Waals surface area contributed by atoms with Gasteiger partial charge >= 0.3 is 5.97 Å². The minimum absolute atomic E-state index is 0.117. The summed E-state index contributed by atoms with van der Waals surface area (Å²) >= 11 is 4.67. The summed E-state index contributed by atoms with van der Waals surface area (Å²) < 4.78 is 0.790. The van der Waals surface area contributed by atoms with Gasteiger partial charge in [0.15, 0.2) is 0 Å². The van der Waals surface area contributed by atoms with E-state index in [0.29, 0.717) is 17.8 Å². The summed E-state index contributed by atoms with van der Waals surface area (Å²) in [6.07, 6.45) is 0.709. The van der Waals surface area contributed by atoms with Gasteiger partial charge in [-0.1, -0.05) is 6.92 Å². The molecule has 1 amide bonds. The Labute approximate surface area is 112 Å². The third-order valence-electron chi connectivity index (χ3n) is 2.29. The van der Waals surface area contributed by atoms with E-state index in [1.54, 1.807) is 0 Å². The largest absolute Gasteiger partial charge is 0.481 e. The van der Waals surface area contributed by atoms with Crippen molar-refractivity contribution in [2.24, 2.45) is 5.92 Å². The van der Waals surface area contributed by atoms with Gasteiger partial charge in [-0.15, -0.1) is 11.3 Å². The number of carbonyl (C=O) groups excluding carboxylic acids is 1. The van der Waals surface area contributed by atoms with Crippen molar-refractivity contribution in [1.29, 1.82) is 0 Å². The van der Waals surface area contributed by atoms with Crippen LogP contribution < -0.4 is 5.32 Å². The molecule has 94 valence electrons. The molecule has 0 bridgehead atoms. The third-order valence-corrected chi connectivity index (χ3v) is 4.12. The number of amides is 1. The molecule has 1 aromatic heterocycles. The zero-order valence-electron chi connectivity index (χ0n) is 9.40. The number of nitrogens with one attached hydrogen (secondary N) is 1. The zero-order valence-corrected chi connectivity index (χ0v) is 11.8. The molecule has 17 heavy (non-hydrogen) atoms. The number of halogens is 1. The summed E-state index contributed by atoms with van der Waals surface area (Å²) in [5, 5.41) is 13.2. The molecule has 6 heteroatoms. The Morgan fingerprint density at radius 3 is 2.82 bits per heavy atom. The molecule has 1 atom stereocenters. The SMILES string of the molecule is CC(CCC(=O)O)CNC(=O)c1sccc1Br. The fraction of sp³-hybridized carbons (Fsp3) is 0.455. The Hall–Kier alpha value is -0.880. The van der Waals surface area contributed by atoms with Crippen molar-refractivity contribution < 1.29 is 14.7 Å². The molecule has 0 aliphatic carbocycles. The molecular weight excluding hydrogens is 306 g/mol. The Morgan fingerprint density at radius 1 is 1.59 bits per heavy atom. The molecule has 0 aromatic carbocycles. The number of carboxylic acids is 1. The van der Waals surface area contributed by atoms with E-state index in [-0.39, 0.29) is 18.2 Å². The summed E-state index contributed by atoms with van der Waals surface area (Å²) in [6.45, 7) is 2.42. The van der Waals surface area contributed by atoms with E-state index in [9.17, 15) is 9.59 Å². The predicted octanol–water partition coefficient (Wildman–Crippen LogP) is 2.74. The van der Waals surface area contributed by atoms with Gasteiger partial charge in [0.1, 0.15) is 4.88 Å². The van der Waals surface area contributed by atoms with Crippen LogP contribution in [-0.2, 0) is 4.79 Å². The van der Waals surface area contributed by atoms with Crippen LogP contribution in [0, 0.1) is 5.92 Å². The smallest absolute Gasteiger partial charge is 0.303 e. The van der Waals surface area contributed by atoms with E-state index < -0.39 is 5.97 Å². The van der Waals surface area contributed by atoms with E-state index in [1.165, 1.54) is 11.3 Å². The lowest BCUT2D eigenvalue weighted by molar-refractivity contribution is -0.137. The first kappa shape index (κ1) is 14.2. The lowest BCUT2D eigenvalue weighted by atomic mass is 10.1. The van der Waals surface area contributed by atoms with Crippen LogP contribution in [0.1, 0.15) is 29.4 Å². The lowest BCUT2D eigenvalue weighted by Gasteiger charge is -2.10. The van der Waals surface area contributed by atoms with Crippen molar-refractivity contribution in [3.05, 3.63) is 20.8 Å². The average Bonchev–Trinajstić information content (AvgIpc) is 2.69. The molecule has 0 saturated carbocycles. The molecule has 1 aromatic rings.